The number of hydrogen-bond donors (Lipinski definition) is 2. The maximum atomic E-state index is 6.37. The predicted octanol–water partition coefficient (Wildman–Crippen LogP) is 4.78. The molecule has 3 heterocycles. The van der Waals surface area contributed by atoms with E-state index in [1.165, 1.54) is 32.1 Å². The standard InChI is InChI=1S/C21H28ClN5O/c22-21-20(27-19(14-25-21)24-13-15-7-10-28-11-8-15)16-6-9-23-18(12-16)26-17-4-2-1-3-5-17/h6,9,12,14-15,17H,1-5,7-8,10-11,13H2,(H,23,26)(H,24,27). The van der Waals surface area contributed by atoms with Gasteiger partial charge in [0.05, 0.1) is 6.20 Å². The molecule has 0 unspecified atom stereocenters. The maximum Gasteiger partial charge on any atom is 0.155 e. The Morgan fingerprint density at radius 2 is 1.86 bits per heavy atom. The zero-order valence-electron chi connectivity index (χ0n) is 16.2. The van der Waals surface area contributed by atoms with Gasteiger partial charge < -0.3 is 15.4 Å². The zero-order chi connectivity index (χ0) is 19.2. The van der Waals surface area contributed by atoms with Crippen LogP contribution in [-0.4, -0.2) is 40.8 Å². The van der Waals surface area contributed by atoms with Crippen molar-refractivity contribution in [2.75, 3.05) is 30.4 Å². The van der Waals surface area contributed by atoms with Gasteiger partial charge in [-0.2, -0.15) is 0 Å². The highest BCUT2D eigenvalue weighted by atomic mass is 35.5. The van der Waals surface area contributed by atoms with Crippen molar-refractivity contribution < 1.29 is 4.74 Å². The molecule has 1 aliphatic heterocycles. The van der Waals surface area contributed by atoms with Crippen molar-refractivity contribution in [1.29, 1.82) is 0 Å². The number of rotatable bonds is 6. The number of halogens is 1. The van der Waals surface area contributed by atoms with Gasteiger partial charge in [-0.3, -0.25) is 0 Å². The molecule has 7 heteroatoms. The van der Waals surface area contributed by atoms with Crippen LogP contribution in [0.5, 0.6) is 0 Å². The minimum absolute atomic E-state index is 0.409. The van der Waals surface area contributed by atoms with Gasteiger partial charge >= 0.3 is 0 Å². The Hall–Kier alpha value is -1.92. The SMILES string of the molecule is Clc1ncc(NCC2CCOCC2)nc1-c1ccnc(NC2CCCCC2)c1. The molecule has 0 spiro atoms. The Morgan fingerprint density at radius 1 is 1.04 bits per heavy atom. The van der Waals surface area contributed by atoms with Crippen molar-refractivity contribution in [3.8, 4) is 11.3 Å². The third-order valence-corrected chi connectivity index (χ3v) is 5.91. The van der Waals surface area contributed by atoms with E-state index in [0.717, 1.165) is 49.8 Å². The second-order valence-electron chi connectivity index (χ2n) is 7.74. The third-order valence-electron chi connectivity index (χ3n) is 5.63. The first kappa shape index (κ1) is 19.4. The molecule has 2 fully saturated rings. The minimum Gasteiger partial charge on any atom is -0.381 e. The fraction of sp³-hybridized carbons (Fsp3) is 0.571. The van der Waals surface area contributed by atoms with Gasteiger partial charge in [0.2, 0.25) is 0 Å². The molecule has 1 aliphatic carbocycles. The van der Waals surface area contributed by atoms with Crippen LogP contribution < -0.4 is 10.6 Å². The van der Waals surface area contributed by atoms with Crippen LogP contribution in [-0.2, 0) is 4.74 Å². The number of nitrogens with zero attached hydrogens (tertiary/aromatic N) is 3. The molecule has 0 atom stereocenters. The van der Waals surface area contributed by atoms with Crippen molar-refractivity contribution in [2.24, 2.45) is 5.92 Å². The molecule has 2 aromatic heterocycles. The van der Waals surface area contributed by atoms with Crippen molar-refractivity contribution in [1.82, 2.24) is 15.0 Å². The minimum atomic E-state index is 0.409. The Bertz CT molecular complexity index is 775. The van der Waals surface area contributed by atoms with Gasteiger partial charge in [0.15, 0.2) is 5.15 Å². The van der Waals surface area contributed by atoms with E-state index in [2.05, 4.69) is 20.6 Å². The first-order chi connectivity index (χ1) is 13.8. The molecule has 0 radical (unpaired) electrons. The summed E-state index contributed by atoms with van der Waals surface area (Å²) in [5, 5.41) is 7.39. The molecule has 28 heavy (non-hydrogen) atoms. The van der Waals surface area contributed by atoms with Crippen LogP contribution >= 0.6 is 11.6 Å². The van der Waals surface area contributed by atoms with Gasteiger partial charge in [0.25, 0.3) is 0 Å². The highest BCUT2D eigenvalue weighted by Crippen LogP contribution is 2.28. The van der Waals surface area contributed by atoms with E-state index in [0.29, 0.717) is 22.8 Å². The van der Waals surface area contributed by atoms with Gasteiger partial charge in [-0.25, -0.2) is 15.0 Å². The Kier molecular flexibility index (Phi) is 6.60. The fourth-order valence-corrected chi connectivity index (χ4v) is 4.16. The number of ether oxygens (including phenoxy) is 1. The lowest BCUT2D eigenvalue weighted by Crippen LogP contribution is -2.23. The molecule has 2 aromatic rings. The first-order valence-corrected chi connectivity index (χ1v) is 10.7. The van der Waals surface area contributed by atoms with Crippen LogP contribution in [0.4, 0.5) is 11.6 Å². The molecule has 0 amide bonds. The Balaban J connectivity index is 1.45. The van der Waals surface area contributed by atoms with Gasteiger partial charge in [0, 0.05) is 37.6 Å². The van der Waals surface area contributed by atoms with Gasteiger partial charge in [-0.05, 0) is 43.7 Å². The maximum absolute atomic E-state index is 6.37. The molecule has 4 rings (SSSR count). The summed E-state index contributed by atoms with van der Waals surface area (Å²) in [6.45, 7) is 2.57. The fourth-order valence-electron chi connectivity index (χ4n) is 3.96. The van der Waals surface area contributed by atoms with Crippen LogP contribution in [0.25, 0.3) is 11.3 Å². The van der Waals surface area contributed by atoms with Gasteiger partial charge in [0.1, 0.15) is 17.3 Å². The highest BCUT2D eigenvalue weighted by molar-refractivity contribution is 6.31. The molecule has 2 N–H and O–H groups in total. The zero-order valence-corrected chi connectivity index (χ0v) is 16.9. The van der Waals surface area contributed by atoms with Crippen molar-refractivity contribution in [3.05, 3.63) is 29.7 Å². The normalized spacial score (nSPS) is 18.8. The second kappa shape index (κ2) is 9.52. The van der Waals surface area contributed by atoms with Gasteiger partial charge in [-0.1, -0.05) is 30.9 Å². The summed E-state index contributed by atoms with van der Waals surface area (Å²) in [5.74, 6) is 2.24. The number of nitrogens with one attached hydrogen (secondary N) is 2. The van der Waals surface area contributed by atoms with Crippen LogP contribution in [0.1, 0.15) is 44.9 Å². The monoisotopic (exact) mass is 401 g/mol. The quantitative estimate of drug-likeness (QED) is 0.726. The highest BCUT2D eigenvalue weighted by Gasteiger charge is 2.16. The van der Waals surface area contributed by atoms with Crippen LogP contribution in [0.3, 0.4) is 0 Å². The summed E-state index contributed by atoms with van der Waals surface area (Å²) in [4.78, 5) is 13.5. The number of anilines is 2. The molecular weight excluding hydrogens is 374 g/mol. The molecule has 1 saturated heterocycles. The lowest BCUT2D eigenvalue weighted by Gasteiger charge is -2.23. The van der Waals surface area contributed by atoms with Gasteiger partial charge in [-0.15, -0.1) is 0 Å². The van der Waals surface area contributed by atoms with Crippen LogP contribution in [0.15, 0.2) is 24.5 Å². The topological polar surface area (TPSA) is 72.0 Å². The third kappa shape index (κ3) is 5.11. The second-order valence-corrected chi connectivity index (χ2v) is 8.10. The molecule has 6 nitrogen and oxygen atoms in total. The Labute approximate surface area is 171 Å². The molecule has 2 aliphatic rings. The average Bonchev–Trinajstić information content (AvgIpc) is 2.75. The van der Waals surface area contributed by atoms with E-state index >= 15 is 0 Å². The Morgan fingerprint density at radius 3 is 2.68 bits per heavy atom. The lowest BCUT2D eigenvalue weighted by atomic mass is 9.95. The smallest absolute Gasteiger partial charge is 0.155 e. The molecule has 150 valence electrons. The molecule has 0 aromatic carbocycles. The van der Waals surface area contributed by atoms with Crippen molar-refractivity contribution >= 4 is 23.2 Å². The lowest BCUT2D eigenvalue weighted by molar-refractivity contribution is 0.0699. The number of aromatic nitrogens is 3. The van der Waals surface area contributed by atoms with E-state index < -0.39 is 0 Å². The van der Waals surface area contributed by atoms with Crippen LogP contribution in [0.2, 0.25) is 5.15 Å². The van der Waals surface area contributed by atoms with E-state index in [9.17, 15) is 0 Å². The first-order valence-electron chi connectivity index (χ1n) is 10.3. The largest absolute Gasteiger partial charge is 0.381 e. The molecule has 0 bridgehead atoms. The van der Waals surface area contributed by atoms with Crippen molar-refractivity contribution in [2.45, 2.75) is 51.0 Å². The number of hydrogen-bond acceptors (Lipinski definition) is 6. The summed E-state index contributed by atoms with van der Waals surface area (Å²) in [6, 6.07) is 4.46. The average molecular weight is 402 g/mol. The summed E-state index contributed by atoms with van der Waals surface area (Å²) in [7, 11) is 0. The van der Waals surface area contributed by atoms with Crippen molar-refractivity contribution in [3.63, 3.8) is 0 Å². The van der Waals surface area contributed by atoms with E-state index in [1.807, 2.05) is 12.1 Å². The molecular formula is C21H28ClN5O. The summed E-state index contributed by atoms with van der Waals surface area (Å²) >= 11 is 6.37. The predicted molar refractivity (Wildman–Crippen MR) is 113 cm³/mol. The summed E-state index contributed by atoms with van der Waals surface area (Å²) < 4.78 is 5.42. The summed E-state index contributed by atoms with van der Waals surface area (Å²) in [6.07, 6.45) is 12.0. The molecule has 1 saturated carbocycles. The van der Waals surface area contributed by atoms with Crippen LogP contribution in [0, 0.1) is 5.92 Å². The van der Waals surface area contributed by atoms with E-state index in [-0.39, 0.29) is 0 Å². The summed E-state index contributed by atoms with van der Waals surface area (Å²) in [5.41, 5.74) is 1.62. The van der Waals surface area contributed by atoms with E-state index in [1.54, 1.807) is 12.4 Å². The number of pyridine rings is 1. The van der Waals surface area contributed by atoms with E-state index in [4.69, 9.17) is 21.3 Å².